The first-order valence-corrected chi connectivity index (χ1v) is 5.74. The number of carboxylic acids is 1. The van der Waals surface area contributed by atoms with Gasteiger partial charge in [0, 0.05) is 11.9 Å². The number of anilines is 1. The third-order valence-corrected chi connectivity index (χ3v) is 2.72. The van der Waals surface area contributed by atoms with E-state index in [4.69, 9.17) is 5.11 Å². The van der Waals surface area contributed by atoms with Crippen molar-refractivity contribution in [2.45, 2.75) is 6.92 Å². The van der Waals surface area contributed by atoms with Crippen molar-refractivity contribution in [3.8, 4) is 0 Å². The van der Waals surface area contributed by atoms with Crippen LogP contribution >= 0.6 is 0 Å². The summed E-state index contributed by atoms with van der Waals surface area (Å²) >= 11 is 0. The topological polar surface area (TPSA) is 79.3 Å². The normalized spacial score (nSPS) is 10.1. The van der Waals surface area contributed by atoms with E-state index >= 15 is 0 Å². The molecule has 0 saturated heterocycles. The van der Waals surface area contributed by atoms with Gasteiger partial charge in [0.25, 0.3) is 5.91 Å². The van der Waals surface area contributed by atoms with Crippen LogP contribution < -0.4 is 5.32 Å². The SMILES string of the molecule is Cc1ccc(C(=O)O)cc1NC(=O)c1ccc(F)nc1. The molecule has 5 nitrogen and oxygen atoms in total. The van der Waals surface area contributed by atoms with Crippen molar-refractivity contribution >= 4 is 17.6 Å². The van der Waals surface area contributed by atoms with Crippen LogP contribution in [0.15, 0.2) is 36.5 Å². The molecule has 0 aliphatic rings. The predicted octanol–water partition coefficient (Wildman–Crippen LogP) is 2.48. The van der Waals surface area contributed by atoms with Gasteiger partial charge in [-0.2, -0.15) is 4.39 Å². The van der Waals surface area contributed by atoms with Gasteiger partial charge in [-0.1, -0.05) is 6.07 Å². The van der Waals surface area contributed by atoms with E-state index in [1.54, 1.807) is 13.0 Å². The molecule has 0 aliphatic carbocycles. The predicted molar refractivity (Wildman–Crippen MR) is 70.3 cm³/mol. The zero-order valence-electron chi connectivity index (χ0n) is 10.6. The third kappa shape index (κ3) is 2.97. The highest BCUT2D eigenvalue weighted by atomic mass is 19.1. The van der Waals surface area contributed by atoms with E-state index in [1.165, 1.54) is 18.2 Å². The molecule has 1 heterocycles. The van der Waals surface area contributed by atoms with Crippen LogP contribution in [-0.2, 0) is 0 Å². The Morgan fingerprint density at radius 3 is 2.50 bits per heavy atom. The van der Waals surface area contributed by atoms with Crippen LogP contribution in [-0.4, -0.2) is 22.0 Å². The van der Waals surface area contributed by atoms with Crippen molar-refractivity contribution in [1.29, 1.82) is 0 Å². The zero-order valence-corrected chi connectivity index (χ0v) is 10.6. The van der Waals surface area contributed by atoms with Gasteiger partial charge < -0.3 is 10.4 Å². The second-order valence-electron chi connectivity index (χ2n) is 4.16. The highest BCUT2D eigenvalue weighted by molar-refractivity contribution is 6.05. The Labute approximate surface area is 114 Å². The van der Waals surface area contributed by atoms with E-state index in [-0.39, 0.29) is 11.1 Å². The fourth-order valence-corrected chi connectivity index (χ4v) is 1.59. The van der Waals surface area contributed by atoms with E-state index in [1.807, 2.05) is 0 Å². The summed E-state index contributed by atoms with van der Waals surface area (Å²) in [5.74, 6) is -2.24. The first-order chi connectivity index (χ1) is 9.47. The van der Waals surface area contributed by atoms with Gasteiger partial charge in [0.2, 0.25) is 5.95 Å². The van der Waals surface area contributed by atoms with Gasteiger partial charge in [-0.25, -0.2) is 9.78 Å². The minimum absolute atomic E-state index is 0.0723. The number of hydrogen-bond acceptors (Lipinski definition) is 3. The smallest absolute Gasteiger partial charge is 0.335 e. The molecule has 1 aromatic carbocycles. The average molecular weight is 274 g/mol. The number of nitrogens with one attached hydrogen (secondary N) is 1. The lowest BCUT2D eigenvalue weighted by atomic mass is 10.1. The van der Waals surface area contributed by atoms with Crippen molar-refractivity contribution in [2.75, 3.05) is 5.32 Å². The first-order valence-electron chi connectivity index (χ1n) is 5.74. The number of aromatic carboxylic acids is 1. The summed E-state index contributed by atoms with van der Waals surface area (Å²) in [6.45, 7) is 1.74. The summed E-state index contributed by atoms with van der Waals surface area (Å²) in [6.07, 6.45) is 1.11. The number of nitrogens with zero attached hydrogens (tertiary/aromatic N) is 1. The van der Waals surface area contributed by atoms with E-state index in [0.29, 0.717) is 5.69 Å². The monoisotopic (exact) mass is 274 g/mol. The maximum absolute atomic E-state index is 12.7. The third-order valence-electron chi connectivity index (χ3n) is 2.72. The maximum Gasteiger partial charge on any atom is 0.335 e. The number of benzene rings is 1. The Hall–Kier alpha value is -2.76. The van der Waals surface area contributed by atoms with E-state index in [0.717, 1.165) is 17.8 Å². The lowest BCUT2D eigenvalue weighted by molar-refractivity contribution is 0.0696. The summed E-state index contributed by atoms with van der Waals surface area (Å²) in [5.41, 5.74) is 1.37. The Bertz CT molecular complexity index is 669. The van der Waals surface area contributed by atoms with Crippen LogP contribution in [0.2, 0.25) is 0 Å². The number of carbonyl (C=O) groups is 2. The van der Waals surface area contributed by atoms with Crippen molar-refractivity contribution in [3.63, 3.8) is 0 Å². The molecule has 102 valence electrons. The minimum Gasteiger partial charge on any atom is -0.478 e. The number of aromatic nitrogens is 1. The van der Waals surface area contributed by atoms with Crippen LogP contribution in [0.1, 0.15) is 26.3 Å². The molecule has 2 aromatic rings. The number of carbonyl (C=O) groups excluding carboxylic acids is 1. The molecule has 0 spiro atoms. The molecule has 0 atom stereocenters. The van der Waals surface area contributed by atoms with Crippen molar-refractivity contribution in [3.05, 3.63) is 59.2 Å². The van der Waals surface area contributed by atoms with Crippen LogP contribution in [0.3, 0.4) is 0 Å². The minimum atomic E-state index is -1.08. The Balaban J connectivity index is 2.25. The fraction of sp³-hybridized carbons (Fsp3) is 0.0714. The molecule has 1 aromatic heterocycles. The van der Waals surface area contributed by atoms with E-state index < -0.39 is 17.8 Å². The number of rotatable bonds is 3. The molecule has 0 saturated carbocycles. The van der Waals surface area contributed by atoms with Crippen molar-refractivity contribution in [2.24, 2.45) is 0 Å². The Morgan fingerprint density at radius 1 is 1.20 bits per heavy atom. The van der Waals surface area contributed by atoms with Gasteiger partial charge >= 0.3 is 5.97 Å². The van der Waals surface area contributed by atoms with Crippen molar-refractivity contribution < 1.29 is 19.1 Å². The molecule has 0 fully saturated rings. The van der Waals surface area contributed by atoms with Crippen LogP contribution in [0.4, 0.5) is 10.1 Å². The quantitative estimate of drug-likeness (QED) is 0.843. The summed E-state index contributed by atoms with van der Waals surface area (Å²) in [6, 6.07) is 6.80. The van der Waals surface area contributed by atoms with Gasteiger partial charge in [-0.3, -0.25) is 4.79 Å². The number of hydrogen-bond donors (Lipinski definition) is 2. The Kier molecular flexibility index (Phi) is 3.74. The molecular formula is C14H11FN2O3. The number of aryl methyl sites for hydroxylation is 1. The van der Waals surface area contributed by atoms with Crippen LogP contribution in [0.5, 0.6) is 0 Å². The molecule has 2 rings (SSSR count). The molecule has 6 heteroatoms. The van der Waals surface area contributed by atoms with Gasteiger partial charge in [-0.15, -0.1) is 0 Å². The highest BCUT2D eigenvalue weighted by Crippen LogP contribution is 2.18. The van der Waals surface area contributed by atoms with Gasteiger partial charge in [0.05, 0.1) is 11.1 Å². The molecule has 0 aliphatic heterocycles. The summed E-state index contributed by atoms with van der Waals surface area (Å²) in [7, 11) is 0. The molecule has 2 N–H and O–H groups in total. The summed E-state index contributed by atoms with van der Waals surface area (Å²) in [4.78, 5) is 26.2. The lowest BCUT2D eigenvalue weighted by Crippen LogP contribution is -2.14. The second kappa shape index (κ2) is 5.48. The van der Waals surface area contributed by atoms with Crippen LogP contribution in [0.25, 0.3) is 0 Å². The van der Waals surface area contributed by atoms with Gasteiger partial charge in [-0.05, 0) is 36.8 Å². The molecule has 0 bridgehead atoms. The summed E-state index contributed by atoms with van der Waals surface area (Å²) in [5, 5.41) is 11.5. The molecular weight excluding hydrogens is 263 g/mol. The highest BCUT2D eigenvalue weighted by Gasteiger charge is 2.11. The standard InChI is InChI=1S/C14H11FN2O3/c1-8-2-3-9(14(19)20)6-11(8)17-13(18)10-4-5-12(15)16-7-10/h2-7H,1H3,(H,17,18)(H,19,20). The van der Waals surface area contributed by atoms with E-state index in [2.05, 4.69) is 10.3 Å². The molecule has 0 radical (unpaired) electrons. The van der Waals surface area contributed by atoms with Gasteiger partial charge in [0.1, 0.15) is 0 Å². The molecule has 1 amide bonds. The zero-order chi connectivity index (χ0) is 14.7. The summed E-state index contributed by atoms with van der Waals surface area (Å²) < 4.78 is 12.7. The largest absolute Gasteiger partial charge is 0.478 e. The van der Waals surface area contributed by atoms with Gasteiger partial charge in [0.15, 0.2) is 0 Å². The van der Waals surface area contributed by atoms with Crippen LogP contribution in [0, 0.1) is 12.9 Å². The number of halogens is 1. The second-order valence-corrected chi connectivity index (χ2v) is 4.16. The Morgan fingerprint density at radius 2 is 1.90 bits per heavy atom. The number of amides is 1. The molecule has 20 heavy (non-hydrogen) atoms. The maximum atomic E-state index is 12.7. The fourth-order valence-electron chi connectivity index (χ4n) is 1.59. The average Bonchev–Trinajstić information content (AvgIpc) is 2.41. The lowest BCUT2D eigenvalue weighted by Gasteiger charge is -2.09. The first kappa shape index (κ1) is 13.7. The number of carboxylic acid groups (broad SMARTS) is 1. The van der Waals surface area contributed by atoms with Crippen molar-refractivity contribution in [1.82, 2.24) is 4.98 Å². The number of pyridine rings is 1. The molecule has 0 unspecified atom stereocenters. The van der Waals surface area contributed by atoms with E-state index in [9.17, 15) is 14.0 Å².